The average molecular weight is 342 g/mol. The van der Waals surface area contributed by atoms with E-state index in [9.17, 15) is 4.39 Å². The topological polar surface area (TPSA) is 3.24 Å². The molecule has 0 radical (unpaired) electrons. The van der Waals surface area contributed by atoms with Crippen molar-refractivity contribution in [3.63, 3.8) is 0 Å². The first-order valence-corrected chi connectivity index (χ1v) is 7.41. The largest absolute Gasteiger partial charge is 0.309 e. The van der Waals surface area contributed by atoms with Gasteiger partial charge >= 0.3 is 0 Å². The molecule has 0 saturated heterocycles. The Morgan fingerprint density at radius 2 is 1.19 bits per heavy atom. The van der Waals surface area contributed by atoms with E-state index in [1.807, 2.05) is 71.6 Å². The van der Waals surface area contributed by atoms with Crippen LogP contribution in [0.25, 0.3) is 0 Å². The molecule has 3 heteroatoms. The molecule has 3 aromatic rings. The third-order valence-electron chi connectivity index (χ3n) is 3.20. The lowest BCUT2D eigenvalue weighted by Crippen LogP contribution is -2.10. The summed E-state index contributed by atoms with van der Waals surface area (Å²) in [4.78, 5) is 2.02. The van der Waals surface area contributed by atoms with Gasteiger partial charge in [0.1, 0.15) is 5.82 Å². The van der Waals surface area contributed by atoms with Gasteiger partial charge in [0.15, 0.2) is 0 Å². The van der Waals surface area contributed by atoms with Crippen molar-refractivity contribution in [3.8, 4) is 0 Å². The van der Waals surface area contributed by atoms with Gasteiger partial charge < -0.3 is 4.90 Å². The van der Waals surface area contributed by atoms with Gasteiger partial charge in [0.05, 0.1) is 10.2 Å². The standard InChI is InChI=1S/C18H13BrFN/c19-18-16(20)12-7-13-17(18)21(14-8-3-1-4-9-14)15-10-5-2-6-11-15/h1-13H. The number of rotatable bonds is 3. The molecule has 3 aromatic carbocycles. The van der Waals surface area contributed by atoms with E-state index in [-0.39, 0.29) is 5.82 Å². The summed E-state index contributed by atoms with van der Waals surface area (Å²) in [6.07, 6.45) is 0. The first kappa shape index (κ1) is 13.8. The second-order valence-corrected chi connectivity index (χ2v) is 5.37. The Hall–Kier alpha value is -2.13. The Labute approximate surface area is 131 Å². The quantitative estimate of drug-likeness (QED) is 0.559. The Balaban J connectivity index is 2.20. The van der Waals surface area contributed by atoms with Gasteiger partial charge in [-0.1, -0.05) is 42.5 Å². The molecule has 0 atom stereocenters. The van der Waals surface area contributed by atoms with Gasteiger partial charge in [-0.3, -0.25) is 0 Å². The lowest BCUT2D eigenvalue weighted by atomic mass is 10.2. The third-order valence-corrected chi connectivity index (χ3v) is 3.99. The van der Waals surface area contributed by atoms with E-state index < -0.39 is 0 Å². The molecule has 0 aromatic heterocycles. The van der Waals surface area contributed by atoms with Crippen molar-refractivity contribution in [2.45, 2.75) is 0 Å². The third kappa shape index (κ3) is 2.83. The van der Waals surface area contributed by atoms with Gasteiger partial charge in [-0.05, 0) is 52.3 Å². The lowest BCUT2D eigenvalue weighted by Gasteiger charge is -2.26. The number of halogens is 2. The average Bonchev–Trinajstić information content (AvgIpc) is 2.54. The number of hydrogen-bond donors (Lipinski definition) is 0. The number of para-hydroxylation sites is 2. The maximum Gasteiger partial charge on any atom is 0.139 e. The zero-order valence-electron chi connectivity index (χ0n) is 11.2. The summed E-state index contributed by atoms with van der Waals surface area (Å²) in [5, 5.41) is 0. The van der Waals surface area contributed by atoms with Gasteiger partial charge in [0, 0.05) is 11.4 Å². The summed E-state index contributed by atoms with van der Waals surface area (Å²) in [5.41, 5.74) is 2.73. The molecule has 21 heavy (non-hydrogen) atoms. The molecule has 0 fully saturated rings. The number of benzene rings is 3. The molecule has 0 N–H and O–H groups in total. The maximum atomic E-state index is 13.9. The number of anilines is 3. The molecule has 0 heterocycles. The molecule has 0 aliphatic carbocycles. The van der Waals surface area contributed by atoms with Gasteiger partial charge in [-0.2, -0.15) is 0 Å². The zero-order valence-corrected chi connectivity index (χ0v) is 12.8. The van der Waals surface area contributed by atoms with Crippen LogP contribution in [-0.4, -0.2) is 0 Å². The first-order valence-electron chi connectivity index (χ1n) is 6.61. The predicted molar refractivity (Wildman–Crippen MR) is 88.8 cm³/mol. The highest BCUT2D eigenvalue weighted by Gasteiger charge is 2.16. The van der Waals surface area contributed by atoms with Crippen LogP contribution in [0.4, 0.5) is 21.5 Å². The molecule has 104 valence electrons. The molecular weight excluding hydrogens is 329 g/mol. The fourth-order valence-electron chi connectivity index (χ4n) is 2.25. The first-order chi connectivity index (χ1) is 10.3. The highest BCUT2D eigenvalue weighted by Crippen LogP contribution is 2.39. The normalized spacial score (nSPS) is 10.4. The van der Waals surface area contributed by atoms with E-state index in [2.05, 4.69) is 15.9 Å². The molecule has 3 rings (SSSR count). The fraction of sp³-hybridized carbons (Fsp3) is 0. The van der Waals surface area contributed by atoms with Crippen molar-refractivity contribution in [1.82, 2.24) is 0 Å². The van der Waals surface area contributed by atoms with E-state index in [1.54, 1.807) is 6.07 Å². The summed E-state index contributed by atoms with van der Waals surface area (Å²) in [6.45, 7) is 0. The minimum Gasteiger partial charge on any atom is -0.309 e. The Bertz CT molecular complexity index is 689. The van der Waals surface area contributed by atoms with Crippen LogP contribution in [0, 0.1) is 5.82 Å². The van der Waals surface area contributed by atoms with Gasteiger partial charge in [0.25, 0.3) is 0 Å². The fourth-order valence-corrected chi connectivity index (χ4v) is 2.69. The molecule has 0 aliphatic rings. The molecule has 0 saturated carbocycles. The van der Waals surface area contributed by atoms with E-state index in [0.29, 0.717) is 4.47 Å². The van der Waals surface area contributed by atoms with Crippen LogP contribution in [-0.2, 0) is 0 Å². The lowest BCUT2D eigenvalue weighted by molar-refractivity contribution is 0.621. The van der Waals surface area contributed by atoms with Crippen LogP contribution in [0.2, 0.25) is 0 Å². The Morgan fingerprint density at radius 3 is 1.71 bits per heavy atom. The molecule has 0 bridgehead atoms. The van der Waals surface area contributed by atoms with Crippen LogP contribution in [0.3, 0.4) is 0 Å². The summed E-state index contributed by atoms with van der Waals surface area (Å²) in [7, 11) is 0. The highest BCUT2D eigenvalue weighted by molar-refractivity contribution is 9.10. The van der Waals surface area contributed by atoms with Crippen molar-refractivity contribution in [2.75, 3.05) is 4.90 Å². The van der Waals surface area contributed by atoms with Crippen molar-refractivity contribution >= 4 is 33.0 Å². The van der Waals surface area contributed by atoms with E-state index in [0.717, 1.165) is 17.1 Å². The van der Waals surface area contributed by atoms with Crippen molar-refractivity contribution < 1.29 is 4.39 Å². The van der Waals surface area contributed by atoms with Gasteiger partial charge in [0.2, 0.25) is 0 Å². The zero-order chi connectivity index (χ0) is 14.7. The Kier molecular flexibility index (Phi) is 4.02. The monoisotopic (exact) mass is 341 g/mol. The van der Waals surface area contributed by atoms with Gasteiger partial charge in [-0.15, -0.1) is 0 Å². The van der Waals surface area contributed by atoms with E-state index in [4.69, 9.17) is 0 Å². The second kappa shape index (κ2) is 6.10. The minimum absolute atomic E-state index is 0.274. The van der Waals surface area contributed by atoms with Crippen LogP contribution < -0.4 is 4.90 Å². The minimum atomic E-state index is -0.274. The van der Waals surface area contributed by atoms with Crippen LogP contribution in [0.15, 0.2) is 83.3 Å². The van der Waals surface area contributed by atoms with Crippen molar-refractivity contribution in [3.05, 3.63) is 89.2 Å². The van der Waals surface area contributed by atoms with E-state index in [1.165, 1.54) is 6.07 Å². The predicted octanol–water partition coefficient (Wildman–Crippen LogP) is 6.06. The van der Waals surface area contributed by atoms with E-state index >= 15 is 0 Å². The SMILES string of the molecule is Fc1cccc(N(c2ccccc2)c2ccccc2)c1Br. The maximum absolute atomic E-state index is 13.9. The molecule has 1 nitrogen and oxygen atoms in total. The summed E-state index contributed by atoms with van der Waals surface area (Å²) in [5.74, 6) is -0.274. The summed E-state index contributed by atoms with van der Waals surface area (Å²) < 4.78 is 14.4. The van der Waals surface area contributed by atoms with Crippen LogP contribution >= 0.6 is 15.9 Å². The smallest absolute Gasteiger partial charge is 0.139 e. The number of hydrogen-bond acceptors (Lipinski definition) is 1. The van der Waals surface area contributed by atoms with Crippen molar-refractivity contribution in [1.29, 1.82) is 0 Å². The molecule has 0 aliphatic heterocycles. The second-order valence-electron chi connectivity index (χ2n) is 4.58. The number of nitrogens with zero attached hydrogens (tertiary/aromatic N) is 1. The Morgan fingerprint density at radius 1 is 0.667 bits per heavy atom. The molecular formula is C18H13BrFN. The van der Waals surface area contributed by atoms with Crippen LogP contribution in [0.1, 0.15) is 0 Å². The molecule has 0 unspecified atom stereocenters. The molecule has 0 spiro atoms. The van der Waals surface area contributed by atoms with Gasteiger partial charge in [-0.25, -0.2) is 4.39 Å². The molecule has 0 amide bonds. The van der Waals surface area contributed by atoms with Crippen LogP contribution in [0.5, 0.6) is 0 Å². The highest BCUT2D eigenvalue weighted by atomic mass is 79.9. The summed E-state index contributed by atoms with van der Waals surface area (Å²) in [6, 6.07) is 24.9. The summed E-state index contributed by atoms with van der Waals surface area (Å²) >= 11 is 3.36. The van der Waals surface area contributed by atoms with Crippen molar-refractivity contribution in [2.24, 2.45) is 0 Å².